The van der Waals surface area contributed by atoms with Gasteiger partial charge in [-0.2, -0.15) is 0 Å². The summed E-state index contributed by atoms with van der Waals surface area (Å²) in [5, 5.41) is 6.10. The summed E-state index contributed by atoms with van der Waals surface area (Å²) >= 11 is 0. The van der Waals surface area contributed by atoms with Crippen LogP contribution < -0.4 is 10.6 Å². The van der Waals surface area contributed by atoms with Crippen LogP contribution in [0.3, 0.4) is 0 Å². The molecule has 2 rings (SSSR count). The van der Waals surface area contributed by atoms with E-state index in [-0.39, 0.29) is 5.91 Å². The van der Waals surface area contributed by atoms with Crippen LogP contribution in [0, 0.1) is 6.92 Å². The highest BCUT2D eigenvalue weighted by Crippen LogP contribution is 2.02. The molecule has 0 spiro atoms. The third-order valence-corrected chi connectivity index (χ3v) is 2.81. The standard InChI is InChI=1S/C15H18N2O2/c1-12-2-4-14(5-3-12)15(18)17-8-7-16-10-13-6-9-19-11-13/h2-6,9,11,16H,7-8,10H2,1H3,(H,17,18). The van der Waals surface area contributed by atoms with Crippen molar-refractivity contribution in [2.24, 2.45) is 0 Å². The summed E-state index contributed by atoms with van der Waals surface area (Å²) in [6.45, 7) is 4.08. The summed E-state index contributed by atoms with van der Waals surface area (Å²) in [5.74, 6) is -0.0369. The normalized spacial score (nSPS) is 10.4. The highest BCUT2D eigenvalue weighted by molar-refractivity contribution is 5.94. The van der Waals surface area contributed by atoms with Gasteiger partial charge in [-0.15, -0.1) is 0 Å². The number of nitrogens with one attached hydrogen (secondary N) is 2. The average molecular weight is 258 g/mol. The molecule has 0 bridgehead atoms. The molecule has 2 N–H and O–H groups in total. The molecule has 4 nitrogen and oxygen atoms in total. The predicted molar refractivity (Wildman–Crippen MR) is 73.9 cm³/mol. The van der Waals surface area contributed by atoms with Gasteiger partial charge in [0.25, 0.3) is 5.91 Å². The van der Waals surface area contributed by atoms with Crippen LogP contribution in [0.5, 0.6) is 0 Å². The van der Waals surface area contributed by atoms with E-state index in [4.69, 9.17) is 4.42 Å². The predicted octanol–water partition coefficient (Wildman–Crippen LogP) is 2.11. The molecule has 0 aliphatic heterocycles. The van der Waals surface area contributed by atoms with Crippen molar-refractivity contribution in [1.29, 1.82) is 0 Å². The molecule has 19 heavy (non-hydrogen) atoms. The summed E-state index contributed by atoms with van der Waals surface area (Å²) in [7, 11) is 0. The molecular formula is C15H18N2O2. The quantitative estimate of drug-likeness (QED) is 0.780. The fraction of sp³-hybridized carbons (Fsp3) is 0.267. The average Bonchev–Trinajstić information content (AvgIpc) is 2.92. The first-order valence-corrected chi connectivity index (χ1v) is 6.32. The second-order valence-corrected chi connectivity index (χ2v) is 4.43. The minimum atomic E-state index is -0.0369. The zero-order chi connectivity index (χ0) is 13.5. The van der Waals surface area contributed by atoms with Crippen LogP contribution in [-0.2, 0) is 6.54 Å². The van der Waals surface area contributed by atoms with Crippen LogP contribution in [0.1, 0.15) is 21.5 Å². The molecule has 0 saturated heterocycles. The largest absolute Gasteiger partial charge is 0.472 e. The van der Waals surface area contributed by atoms with Gasteiger partial charge in [0, 0.05) is 30.8 Å². The van der Waals surface area contributed by atoms with Crippen LogP contribution in [0.4, 0.5) is 0 Å². The number of carbonyl (C=O) groups is 1. The maximum atomic E-state index is 11.8. The first-order valence-electron chi connectivity index (χ1n) is 6.32. The van der Waals surface area contributed by atoms with Crippen molar-refractivity contribution in [3.63, 3.8) is 0 Å². The number of benzene rings is 1. The molecule has 0 atom stereocenters. The van der Waals surface area contributed by atoms with E-state index in [1.165, 1.54) is 0 Å². The molecule has 0 unspecified atom stereocenters. The van der Waals surface area contributed by atoms with E-state index in [1.54, 1.807) is 12.5 Å². The van der Waals surface area contributed by atoms with Gasteiger partial charge in [-0.05, 0) is 25.1 Å². The molecule has 0 aliphatic carbocycles. The Kier molecular flexibility index (Phi) is 4.75. The number of amides is 1. The van der Waals surface area contributed by atoms with E-state index in [2.05, 4.69) is 10.6 Å². The van der Waals surface area contributed by atoms with Crippen molar-refractivity contribution < 1.29 is 9.21 Å². The summed E-state index contributed by atoms with van der Waals surface area (Å²) in [6, 6.07) is 9.46. The first kappa shape index (κ1) is 13.4. The van der Waals surface area contributed by atoms with E-state index in [0.29, 0.717) is 12.1 Å². The Morgan fingerprint density at radius 1 is 1.16 bits per heavy atom. The maximum absolute atomic E-state index is 11.8. The van der Waals surface area contributed by atoms with Gasteiger partial charge in [-0.25, -0.2) is 0 Å². The second kappa shape index (κ2) is 6.75. The fourth-order valence-corrected chi connectivity index (χ4v) is 1.70. The van der Waals surface area contributed by atoms with Crippen molar-refractivity contribution in [2.75, 3.05) is 13.1 Å². The first-order chi connectivity index (χ1) is 9.25. The third-order valence-electron chi connectivity index (χ3n) is 2.81. The zero-order valence-electron chi connectivity index (χ0n) is 11.0. The maximum Gasteiger partial charge on any atom is 0.251 e. The fourth-order valence-electron chi connectivity index (χ4n) is 1.70. The van der Waals surface area contributed by atoms with E-state index in [0.717, 1.165) is 24.2 Å². The molecule has 1 heterocycles. The smallest absolute Gasteiger partial charge is 0.251 e. The Morgan fingerprint density at radius 3 is 2.63 bits per heavy atom. The van der Waals surface area contributed by atoms with Crippen LogP contribution in [0.25, 0.3) is 0 Å². The summed E-state index contributed by atoms with van der Waals surface area (Å²) < 4.78 is 4.97. The van der Waals surface area contributed by atoms with Gasteiger partial charge in [0.2, 0.25) is 0 Å². The summed E-state index contributed by atoms with van der Waals surface area (Å²) in [5.41, 5.74) is 2.95. The molecule has 4 heteroatoms. The third kappa shape index (κ3) is 4.26. The van der Waals surface area contributed by atoms with Crippen molar-refractivity contribution in [2.45, 2.75) is 13.5 Å². The number of furan rings is 1. The van der Waals surface area contributed by atoms with E-state index < -0.39 is 0 Å². The molecule has 0 fully saturated rings. The van der Waals surface area contributed by atoms with Crippen LogP contribution in [0.15, 0.2) is 47.3 Å². The van der Waals surface area contributed by atoms with Crippen molar-refractivity contribution >= 4 is 5.91 Å². The van der Waals surface area contributed by atoms with Gasteiger partial charge < -0.3 is 15.1 Å². The van der Waals surface area contributed by atoms with Crippen molar-refractivity contribution in [3.05, 3.63) is 59.5 Å². The van der Waals surface area contributed by atoms with Crippen LogP contribution in [0.2, 0.25) is 0 Å². The lowest BCUT2D eigenvalue weighted by Gasteiger charge is -2.06. The van der Waals surface area contributed by atoms with E-state index in [9.17, 15) is 4.79 Å². The topological polar surface area (TPSA) is 54.3 Å². The van der Waals surface area contributed by atoms with Gasteiger partial charge in [0.05, 0.1) is 12.5 Å². The highest BCUT2D eigenvalue weighted by Gasteiger charge is 2.03. The number of carbonyl (C=O) groups excluding carboxylic acids is 1. The minimum absolute atomic E-state index is 0.0369. The van der Waals surface area contributed by atoms with Gasteiger partial charge in [0.15, 0.2) is 0 Å². The monoisotopic (exact) mass is 258 g/mol. The molecule has 2 aromatic rings. The molecule has 0 saturated carbocycles. The van der Waals surface area contributed by atoms with Crippen LogP contribution >= 0.6 is 0 Å². The highest BCUT2D eigenvalue weighted by atomic mass is 16.3. The summed E-state index contributed by atoms with van der Waals surface area (Å²) in [6.07, 6.45) is 3.36. The lowest BCUT2D eigenvalue weighted by molar-refractivity contribution is 0.0954. The Labute approximate surface area is 112 Å². The molecule has 0 aliphatic rings. The lowest BCUT2D eigenvalue weighted by Crippen LogP contribution is -2.31. The SMILES string of the molecule is Cc1ccc(C(=O)NCCNCc2ccoc2)cc1. The second-order valence-electron chi connectivity index (χ2n) is 4.43. The molecule has 0 radical (unpaired) electrons. The van der Waals surface area contributed by atoms with Crippen molar-refractivity contribution in [3.8, 4) is 0 Å². The van der Waals surface area contributed by atoms with Gasteiger partial charge in [-0.1, -0.05) is 17.7 Å². The Bertz CT molecular complexity index is 503. The Morgan fingerprint density at radius 2 is 1.95 bits per heavy atom. The summed E-state index contributed by atoms with van der Waals surface area (Å²) in [4.78, 5) is 11.8. The molecule has 1 aromatic heterocycles. The molecule has 100 valence electrons. The molecule has 1 aromatic carbocycles. The van der Waals surface area contributed by atoms with E-state index >= 15 is 0 Å². The Hall–Kier alpha value is -2.07. The van der Waals surface area contributed by atoms with Gasteiger partial charge in [-0.3, -0.25) is 4.79 Å². The molecule has 1 amide bonds. The van der Waals surface area contributed by atoms with Gasteiger partial charge in [0.1, 0.15) is 0 Å². The van der Waals surface area contributed by atoms with Gasteiger partial charge >= 0.3 is 0 Å². The minimum Gasteiger partial charge on any atom is -0.472 e. The Balaban J connectivity index is 1.65. The van der Waals surface area contributed by atoms with Crippen LogP contribution in [-0.4, -0.2) is 19.0 Å². The van der Waals surface area contributed by atoms with E-state index in [1.807, 2.05) is 37.3 Å². The number of hydrogen-bond donors (Lipinski definition) is 2. The number of aryl methyl sites for hydroxylation is 1. The number of hydrogen-bond acceptors (Lipinski definition) is 3. The molecular weight excluding hydrogens is 240 g/mol. The number of rotatable bonds is 6. The lowest BCUT2D eigenvalue weighted by atomic mass is 10.1. The zero-order valence-corrected chi connectivity index (χ0v) is 11.0. The van der Waals surface area contributed by atoms with Crippen molar-refractivity contribution in [1.82, 2.24) is 10.6 Å².